The molecule has 1 aliphatic rings. The molecule has 3 rings (SSSR count). The molecular weight excluding hydrogens is 382 g/mol. The maximum absolute atomic E-state index is 13.1. The second-order valence-electron chi connectivity index (χ2n) is 6.42. The molecule has 0 radical (unpaired) electrons. The molecule has 0 saturated carbocycles. The third-order valence-corrected chi connectivity index (χ3v) is 5.67. The summed E-state index contributed by atoms with van der Waals surface area (Å²) in [5, 5.41) is 9.79. The lowest BCUT2D eigenvalue weighted by Crippen LogP contribution is -2.31. The Morgan fingerprint density at radius 2 is 1.74 bits per heavy atom. The Hall–Kier alpha value is -2.08. The zero-order valence-electron chi connectivity index (χ0n) is 15.2. The number of thioether (sulfide) groups is 1. The van der Waals surface area contributed by atoms with Gasteiger partial charge in [0.2, 0.25) is 0 Å². The molecule has 0 aliphatic carbocycles. The van der Waals surface area contributed by atoms with Crippen molar-refractivity contribution in [3.8, 4) is 0 Å². The predicted molar refractivity (Wildman–Crippen MR) is 109 cm³/mol. The van der Waals surface area contributed by atoms with E-state index in [1.54, 1.807) is 24.3 Å². The molecule has 0 unspecified atom stereocenters. The summed E-state index contributed by atoms with van der Waals surface area (Å²) >= 11 is 7.14. The normalized spacial score (nSPS) is 14.4. The van der Waals surface area contributed by atoms with Gasteiger partial charge in [-0.25, -0.2) is 0 Å². The van der Waals surface area contributed by atoms with Gasteiger partial charge in [0.05, 0.1) is 23.6 Å². The van der Waals surface area contributed by atoms with Gasteiger partial charge in [-0.15, -0.1) is 11.8 Å². The third kappa shape index (κ3) is 4.10. The first kappa shape index (κ1) is 19.7. The largest absolute Gasteiger partial charge is 0.396 e. The van der Waals surface area contributed by atoms with Crippen LogP contribution in [-0.4, -0.2) is 34.2 Å². The number of benzene rings is 2. The molecule has 1 N–H and O–H groups in total. The van der Waals surface area contributed by atoms with Gasteiger partial charge in [-0.3, -0.25) is 14.5 Å². The van der Waals surface area contributed by atoms with Crippen molar-refractivity contribution in [1.82, 2.24) is 4.90 Å². The van der Waals surface area contributed by atoms with Gasteiger partial charge in [0.25, 0.3) is 11.8 Å². The summed E-state index contributed by atoms with van der Waals surface area (Å²) in [6, 6.07) is 12.9. The van der Waals surface area contributed by atoms with Gasteiger partial charge in [0.15, 0.2) is 0 Å². The summed E-state index contributed by atoms with van der Waals surface area (Å²) in [5.41, 5.74) is 4.05. The fourth-order valence-electron chi connectivity index (χ4n) is 3.08. The van der Waals surface area contributed by atoms with Gasteiger partial charge in [0, 0.05) is 10.8 Å². The monoisotopic (exact) mass is 401 g/mol. The van der Waals surface area contributed by atoms with Crippen molar-refractivity contribution in [3.63, 3.8) is 0 Å². The Bertz CT molecular complexity index is 922. The number of carbonyl (C=O) groups excluding carboxylic acids is 2. The summed E-state index contributed by atoms with van der Waals surface area (Å²) in [4.78, 5) is 27.8. The zero-order valence-corrected chi connectivity index (χ0v) is 16.7. The highest BCUT2D eigenvalue weighted by Gasteiger charge is 2.39. The first-order chi connectivity index (χ1) is 12.9. The molecule has 2 amide bonds. The molecule has 27 heavy (non-hydrogen) atoms. The zero-order chi connectivity index (χ0) is 19.6. The maximum Gasteiger partial charge on any atom is 0.268 e. The summed E-state index contributed by atoms with van der Waals surface area (Å²) in [6.45, 7) is 4.05. The van der Waals surface area contributed by atoms with E-state index < -0.39 is 0 Å². The topological polar surface area (TPSA) is 57.6 Å². The van der Waals surface area contributed by atoms with E-state index in [2.05, 4.69) is 0 Å². The molecule has 0 spiro atoms. The van der Waals surface area contributed by atoms with Crippen LogP contribution in [0.3, 0.4) is 0 Å². The number of imide groups is 1. The van der Waals surface area contributed by atoms with E-state index in [1.807, 2.05) is 32.0 Å². The smallest absolute Gasteiger partial charge is 0.268 e. The number of hydrogen-bond acceptors (Lipinski definition) is 4. The van der Waals surface area contributed by atoms with Crippen molar-refractivity contribution < 1.29 is 14.7 Å². The van der Waals surface area contributed by atoms with E-state index in [0.29, 0.717) is 21.3 Å². The van der Waals surface area contributed by atoms with Crippen LogP contribution in [0.2, 0.25) is 5.02 Å². The van der Waals surface area contributed by atoms with Crippen molar-refractivity contribution in [2.45, 2.75) is 20.4 Å². The Kier molecular flexibility index (Phi) is 6.05. The van der Waals surface area contributed by atoms with Crippen LogP contribution in [0, 0.1) is 13.8 Å². The van der Waals surface area contributed by atoms with Gasteiger partial charge in [0.1, 0.15) is 0 Å². The van der Waals surface area contributed by atoms with Gasteiger partial charge < -0.3 is 5.11 Å². The van der Waals surface area contributed by atoms with E-state index in [9.17, 15) is 14.7 Å². The van der Waals surface area contributed by atoms with Crippen LogP contribution >= 0.6 is 23.4 Å². The van der Waals surface area contributed by atoms with E-state index in [0.717, 1.165) is 22.3 Å². The Morgan fingerprint density at radius 1 is 1.04 bits per heavy atom. The molecular formula is C21H20ClNO3S. The molecule has 0 bridgehead atoms. The number of aliphatic hydroxyl groups is 1. The van der Waals surface area contributed by atoms with E-state index in [1.165, 1.54) is 16.7 Å². The van der Waals surface area contributed by atoms with E-state index in [4.69, 9.17) is 11.6 Å². The van der Waals surface area contributed by atoms with Crippen LogP contribution in [0.4, 0.5) is 0 Å². The number of aryl methyl sites for hydroxylation is 2. The van der Waals surface area contributed by atoms with Gasteiger partial charge in [-0.2, -0.15) is 0 Å². The highest BCUT2D eigenvalue weighted by atomic mass is 35.5. The van der Waals surface area contributed by atoms with E-state index >= 15 is 0 Å². The van der Waals surface area contributed by atoms with Crippen LogP contribution in [0.1, 0.15) is 22.3 Å². The lowest BCUT2D eigenvalue weighted by Gasteiger charge is -2.15. The number of nitrogens with zero attached hydrogens (tertiary/aromatic N) is 1. The lowest BCUT2D eigenvalue weighted by molar-refractivity contribution is -0.137. The minimum atomic E-state index is -0.316. The molecule has 0 aromatic heterocycles. The fourth-order valence-corrected chi connectivity index (χ4v) is 4.08. The van der Waals surface area contributed by atoms with Crippen LogP contribution in [-0.2, 0) is 16.1 Å². The quantitative estimate of drug-likeness (QED) is 0.744. The van der Waals surface area contributed by atoms with E-state index in [-0.39, 0.29) is 25.0 Å². The van der Waals surface area contributed by atoms with Crippen LogP contribution < -0.4 is 0 Å². The Balaban J connectivity index is 1.99. The molecule has 0 atom stereocenters. The second-order valence-corrected chi connectivity index (χ2v) is 7.96. The average molecular weight is 402 g/mol. The van der Waals surface area contributed by atoms with Gasteiger partial charge in [-0.05, 0) is 42.7 Å². The Morgan fingerprint density at radius 3 is 2.37 bits per heavy atom. The summed E-state index contributed by atoms with van der Waals surface area (Å²) in [7, 11) is 0. The molecule has 0 fully saturated rings. The van der Waals surface area contributed by atoms with Crippen molar-refractivity contribution in [1.29, 1.82) is 0 Å². The number of aliphatic hydroxyl groups excluding tert-OH is 1. The van der Waals surface area contributed by atoms with Crippen LogP contribution in [0.15, 0.2) is 47.4 Å². The molecule has 0 saturated heterocycles. The number of halogens is 1. The molecule has 2 aromatic rings. The summed E-state index contributed by atoms with van der Waals surface area (Å²) in [5.74, 6) is -0.261. The molecule has 6 heteroatoms. The Labute approximate surface area is 167 Å². The minimum absolute atomic E-state index is 0.0625. The van der Waals surface area contributed by atoms with Crippen LogP contribution in [0.5, 0.6) is 0 Å². The highest BCUT2D eigenvalue weighted by Crippen LogP contribution is 2.38. The first-order valence-electron chi connectivity index (χ1n) is 8.58. The fraction of sp³-hybridized carbons (Fsp3) is 0.238. The molecule has 1 aliphatic heterocycles. The maximum atomic E-state index is 13.1. The van der Waals surface area contributed by atoms with Crippen molar-refractivity contribution in [2.24, 2.45) is 0 Å². The molecule has 140 valence electrons. The summed E-state index contributed by atoms with van der Waals surface area (Å²) in [6.07, 6.45) is 0. The molecule has 2 aromatic carbocycles. The van der Waals surface area contributed by atoms with Crippen molar-refractivity contribution in [3.05, 3.63) is 74.6 Å². The van der Waals surface area contributed by atoms with Crippen molar-refractivity contribution >= 4 is 40.8 Å². The SMILES string of the molecule is Cc1ccc(C2=C(SCCO)C(=O)N(Cc3ccc(Cl)cc3)C2=O)c(C)c1. The lowest BCUT2D eigenvalue weighted by atomic mass is 9.99. The highest BCUT2D eigenvalue weighted by molar-refractivity contribution is 8.04. The van der Waals surface area contributed by atoms with Gasteiger partial charge in [-0.1, -0.05) is 47.5 Å². The number of hydrogen-bond donors (Lipinski definition) is 1. The van der Waals surface area contributed by atoms with Gasteiger partial charge >= 0.3 is 0 Å². The van der Waals surface area contributed by atoms with Crippen molar-refractivity contribution in [2.75, 3.05) is 12.4 Å². The predicted octanol–water partition coefficient (Wildman–Crippen LogP) is 3.96. The third-order valence-electron chi connectivity index (χ3n) is 4.37. The molecule has 1 heterocycles. The summed E-state index contributed by atoms with van der Waals surface area (Å²) < 4.78 is 0. The number of rotatable bonds is 6. The average Bonchev–Trinajstić information content (AvgIpc) is 2.86. The first-order valence-corrected chi connectivity index (χ1v) is 9.95. The van der Waals surface area contributed by atoms with Crippen LogP contribution in [0.25, 0.3) is 5.57 Å². The number of carbonyl (C=O) groups is 2. The standard InChI is InChI=1S/C21H20ClNO3S/c1-13-3-8-17(14(2)11-13)18-19(27-10-9-24)21(26)23(20(18)25)12-15-4-6-16(22)7-5-15/h3-8,11,24H,9-10,12H2,1-2H3. The molecule has 4 nitrogen and oxygen atoms in total. The minimum Gasteiger partial charge on any atom is -0.396 e. The number of amides is 2. The second kappa shape index (κ2) is 8.30.